The average Bonchev–Trinajstić information content (AvgIpc) is 2.95. The highest BCUT2D eigenvalue weighted by atomic mass is 16.7. The smallest absolute Gasteiger partial charge is 0.335 e. The van der Waals surface area contributed by atoms with E-state index in [1.165, 1.54) is 6.92 Å². The zero-order valence-electron chi connectivity index (χ0n) is 22.1. The first-order valence-corrected chi connectivity index (χ1v) is 12.9. The van der Waals surface area contributed by atoms with Crippen LogP contribution in [-0.4, -0.2) is 164 Å². The van der Waals surface area contributed by atoms with Gasteiger partial charge in [0.15, 0.2) is 31.1 Å². The topological polar surface area (TPSA) is 320 Å². The Balaban J connectivity index is 1.77. The highest BCUT2D eigenvalue weighted by Crippen LogP contribution is 2.35. The van der Waals surface area contributed by atoms with Crippen LogP contribution in [-0.2, 0) is 38.0 Å². The summed E-state index contributed by atoms with van der Waals surface area (Å²) >= 11 is 0. The molecule has 0 saturated carbocycles. The summed E-state index contributed by atoms with van der Waals surface area (Å²) in [6.45, 7) is 0.459. The van der Waals surface area contributed by atoms with E-state index in [0.29, 0.717) is 0 Å². The number of carboxylic acids is 2. The number of hydrogen-bond donors (Lipinski definition) is 9. The fourth-order valence-corrected chi connectivity index (χ4v) is 4.74. The highest BCUT2D eigenvalue weighted by molar-refractivity contribution is 5.73. The molecule has 3 rings (SSSR count). The molecule has 0 aliphatic carbocycles. The van der Waals surface area contributed by atoms with E-state index in [-0.39, 0.29) is 19.6 Å². The van der Waals surface area contributed by atoms with Gasteiger partial charge in [0.2, 0.25) is 0 Å². The number of hydrogen-bond acceptors (Lipinski definition) is 16. The van der Waals surface area contributed by atoms with E-state index >= 15 is 0 Å². The number of azide groups is 1. The van der Waals surface area contributed by atoms with Crippen LogP contribution < -0.4 is 0 Å². The van der Waals surface area contributed by atoms with Crippen molar-refractivity contribution in [3.05, 3.63) is 10.4 Å². The van der Waals surface area contributed by atoms with Crippen molar-refractivity contribution in [1.82, 2.24) is 0 Å². The summed E-state index contributed by atoms with van der Waals surface area (Å²) in [5, 5.41) is 94.4. The molecule has 20 heteroatoms. The maximum Gasteiger partial charge on any atom is 0.335 e. The van der Waals surface area contributed by atoms with Gasteiger partial charge in [0, 0.05) is 24.0 Å². The van der Waals surface area contributed by atoms with Gasteiger partial charge in [-0.2, -0.15) is 0 Å². The fourth-order valence-electron chi connectivity index (χ4n) is 4.74. The van der Waals surface area contributed by atoms with Crippen molar-refractivity contribution in [1.29, 1.82) is 0 Å². The van der Waals surface area contributed by atoms with Crippen LogP contribution in [0.1, 0.15) is 13.3 Å². The fraction of sp³-hybridized carbons (Fsp3) is 0.909. The monoisotopic (exact) mass is 613 g/mol. The summed E-state index contributed by atoms with van der Waals surface area (Å²) in [6, 6.07) is 0. The Bertz CT molecular complexity index is 970. The summed E-state index contributed by atoms with van der Waals surface area (Å²) in [6.07, 6.45) is -25.0. The highest BCUT2D eigenvalue weighted by Gasteiger charge is 2.54. The minimum Gasteiger partial charge on any atom is -0.479 e. The molecule has 3 fully saturated rings. The molecule has 240 valence electrons. The Labute approximate surface area is 237 Å². The molecule has 15 atom stereocenters. The molecular formula is C22H35N3O17. The van der Waals surface area contributed by atoms with Gasteiger partial charge in [-0.15, -0.1) is 0 Å². The second kappa shape index (κ2) is 14.9. The molecule has 6 unspecified atom stereocenters. The first-order valence-electron chi connectivity index (χ1n) is 12.9. The van der Waals surface area contributed by atoms with Crippen molar-refractivity contribution in [2.24, 2.45) is 11.0 Å². The summed E-state index contributed by atoms with van der Waals surface area (Å²) in [5.41, 5.74) is 8.31. The molecule has 20 nitrogen and oxygen atoms in total. The predicted molar refractivity (Wildman–Crippen MR) is 128 cm³/mol. The third kappa shape index (κ3) is 7.44. The SMILES string of the molecule is CC1[C@H](O[C@@H]2C(C(=O)O)O[C@@H](OCCCN=[N+]=[N-])C(O)[C@H]2O)OC(CO)[C@@H](O)[C@@H]1O[C@@H]1OC(C(=O)O)[C@@H](O)[C@H](O)C1O. The molecule has 0 aromatic rings. The molecule has 0 bridgehead atoms. The lowest BCUT2D eigenvalue weighted by Gasteiger charge is -2.48. The molecule has 3 heterocycles. The number of rotatable bonds is 12. The number of aliphatic hydroxyl groups excluding tert-OH is 7. The van der Waals surface area contributed by atoms with Gasteiger partial charge in [-0.3, -0.25) is 0 Å². The zero-order chi connectivity index (χ0) is 31.3. The predicted octanol–water partition coefficient (Wildman–Crippen LogP) is -4.39. The molecule has 42 heavy (non-hydrogen) atoms. The van der Waals surface area contributed by atoms with Gasteiger partial charge in [-0.1, -0.05) is 12.0 Å². The van der Waals surface area contributed by atoms with E-state index in [0.717, 1.165) is 0 Å². The molecule has 3 aliphatic heterocycles. The Kier molecular flexibility index (Phi) is 12.2. The Morgan fingerprint density at radius 2 is 1.38 bits per heavy atom. The lowest BCUT2D eigenvalue weighted by molar-refractivity contribution is -0.367. The number of carbonyl (C=O) groups is 2. The largest absolute Gasteiger partial charge is 0.479 e. The molecule has 0 radical (unpaired) electrons. The molecule has 3 saturated heterocycles. The lowest BCUT2D eigenvalue weighted by Crippen LogP contribution is -2.65. The van der Waals surface area contributed by atoms with Gasteiger partial charge in [0.1, 0.15) is 48.8 Å². The van der Waals surface area contributed by atoms with Gasteiger partial charge in [-0.05, 0) is 12.0 Å². The first kappa shape index (κ1) is 34.2. The molecular weight excluding hydrogens is 578 g/mol. The maximum absolute atomic E-state index is 12.0. The third-order valence-corrected chi connectivity index (χ3v) is 7.09. The molecule has 0 amide bonds. The summed E-state index contributed by atoms with van der Waals surface area (Å²) < 4.78 is 32.5. The molecule has 0 aromatic carbocycles. The van der Waals surface area contributed by atoms with Crippen LogP contribution in [0.15, 0.2) is 5.11 Å². The Morgan fingerprint density at radius 1 is 0.786 bits per heavy atom. The molecule has 0 aromatic heterocycles. The minimum atomic E-state index is -2.01. The number of aliphatic carboxylic acids is 2. The standard InChI is InChI=1S/C22H35N3O17/c1-6-14(39-22-12(31)9(28)10(29)16(41-22)18(33)34)8(27)7(5-26)38-20(6)40-15-11(30)13(32)21(42-17(15)19(35)36)37-4-2-3-24-25-23/h6-17,20-22,26-32H,2-5H2,1H3,(H,33,34)(H,35,36)/t6?,7?,8-,9+,10+,11-,12?,13?,14-,15+,16?,17?,20+,21-,22-/m1/s1. The Hall–Kier alpha value is -2.27. The molecule has 9 N–H and O–H groups in total. The van der Waals surface area contributed by atoms with Crippen molar-refractivity contribution >= 4 is 11.9 Å². The van der Waals surface area contributed by atoms with Crippen LogP contribution in [0.2, 0.25) is 0 Å². The van der Waals surface area contributed by atoms with Crippen LogP contribution in [0.4, 0.5) is 0 Å². The van der Waals surface area contributed by atoms with E-state index in [2.05, 4.69) is 10.0 Å². The van der Waals surface area contributed by atoms with E-state index in [1.54, 1.807) is 0 Å². The number of aliphatic hydroxyl groups is 7. The van der Waals surface area contributed by atoms with E-state index in [9.17, 15) is 55.5 Å². The van der Waals surface area contributed by atoms with Gasteiger partial charge in [0.05, 0.1) is 12.7 Å². The van der Waals surface area contributed by atoms with Crippen LogP contribution in [0.25, 0.3) is 10.4 Å². The van der Waals surface area contributed by atoms with E-state index in [4.69, 9.17) is 34.0 Å². The van der Waals surface area contributed by atoms with Gasteiger partial charge in [0.25, 0.3) is 0 Å². The summed E-state index contributed by atoms with van der Waals surface area (Å²) in [7, 11) is 0. The van der Waals surface area contributed by atoms with Gasteiger partial charge < -0.3 is 74.4 Å². The van der Waals surface area contributed by atoms with Crippen LogP contribution >= 0.6 is 0 Å². The normalized spacial score (nSPS) is 44.2. The van der Waals surface area contributed by atoms with Crippen LogP contribution in [0, 0.1) is 5.92 Å². The summed E-state index contributed by atoms with van der Waals surface area (Å²) in [4.78, 5) is 26.0. The summed E-state index contributed by atoms with van der Waals surface area (Å²) in [5.74, 6) is -4.42. The zero-order valence-corrected chi connectivity index (χ0v) is 22.1. The van der Waals surface area contributed by atoms with Crippen molar-refractivity contribution in [3.8, 4) is 0 Å². The lowest BCUT2D eigenvalue weighted by atomic mass is 9.91. The first-order chi connectivity index (χ1) is 19.8. The van der Waals surface area contributed by atoms with E-state index < -0.39 is 110 Å². The van der Waals surface area contributed by atoms with E-state index in [1.807, 2.05) is 0 Å². The average molecular weight is 614 g/mol. The third-order valence-electron chi connectivity index (χ3n) is 7.09. The minimum absolute atomic E-state index is 0.0490. The van der Waals surface area contributed by atoms with Gasteiger partial charge >= 0.3 is 11.9 Å². The quantitative estimate of drug-likeness (QED) is 0.0434. The van der Waals surface area contributed by atoms with Crippen molar-refractivity contribution < 1.29 is 84.0 Å². The molecule has 3 aliphatic rings. The molecule has 0 spiro atoms. The van der Waals surface area contributed by atoms with Crippen LogP contribution in [0.5, 0.6) is 0 Å². The Morgan fingerprint density at radius 3 is 1.98 bits per heavy atom. The van der Waals surface area contributed by atoms with Crippen molar-refractivity contribution in [2.45, 2.75) is 99.4 Å². The van der Waals surface area contributed by atoms with Crippen molar-refractivity contribution in [3.63, 3.8) is 0 Å². The van der Waals surface area contributed by atoms with Gasteiger partial charge in [-0.25, -0.2) is 9.59 Å². The van der Waals surface area contributed by atoms with Crippen LogP contribution in [0.3, 0.4) is 0 Å². The second-order valence-electron chi connectivity index (χ2n) is 9.94. The number of carboxylic acid groups (broad SMARTS) is 2. The number of ether oxygens (including phenoxy) is 6. The number of nitrogens with zero attached hydrogens (tertiary/aromatic N) is 3. The van der Waals surface area contributed by atoms with Crippen molar-refractivity contribution in [2.75, 3.05) is 19.8 Å². The maximum atomic E-state index is 12.0. The second-order valence-corrected chi connectivity index (χ2v) is 9.94.